The van der Waals surface area contributed by atoms with E-state index in [4.69, 9.17) is 0 Å². The summed E-state index contributed by atoms with van der Waals surface area (Å²) in [5, 5.41) is 14.1. The van der Waals surface area contributed by atoms with Crippen LogP contribution in [0.15, 0.2) is 42.5 Å². The van der Waals surface area contributed by atoms with Crippen LogP contribution in [0.1, 0.15) is 24.1 Å². The Kier molecular flexibility index (Phi) is 3.98. The van der Waals surface area contributed by atoms with Gasteiger partial charge in [-0.15, -0.1) is 0 Å². The van der Waals surface area contributed by atoms with Crippen LogP contribution in [0, 0.1) is 22.9 Å². The molecule has 0 amide bonds. The second kappa shape index (κ2) is 5.69. The molecular weight excluding hydrogens is 259 g/mol. The van der Waals surface area contributed by atoms with Crippen molar-refractivity contribution in [1.29, 1.82) is 0 Å². The van der Waals surface area contributed by atoms with E-state index in [0.29, 0.717) is 5.69 Å². The number of hydrogen-bond acceptors (Lipinski definition) is 3. The van der Waals surface area contributed by atoms with E-state index in [0.717, 1.165) is 11.1 Å². The number of nitro benzene ring substituents is 1. The van der Waals surface area contributed by atoms with E-state index in [1.165, 1.54) is 18.2 Å². The molecule has 5 heteroatoms. The van der Waals surface area contributed by atoms with Gasteiger partial charge >= 0.3 is 0 Å². The Bertz CT molecular complexity index is 644. The monoisotopic (exact) mass is 274 g/mol. The van der Waals surface area contributed by atoms with Crippen molar-refractivity contribution in [3.63, 3.8) is 0 Å². The molecule has 2 aromatic rings. The summed E-state index contributed by atoms with van der Waals surface area (Å²) in [7, 11) is 0. The number of benzene rings is 2. The van der Waals surface area contributed by atoms with E-state index in [2.05, 4.69) is 5.32 Å². The summed E-state index contributed by atoms with van der Waals surface area (Å²) in [6, 6.07) is 10.9. The Morgan fingerprint density at radius 2 is 1.95 bits per heavy atom. The molecule has 2 rings (SSSR count). The third-order valence-electron chi connectivity index (χ3n) is 3.16. The zero-order valence-electron chi connectivity index (χ0n) is 11.3. The lowest BCUT2D eigenvalue weighted by Gasteiger charge is -2.17. The van der Waals surface area contributed by atoms with Crippen molar-refractivity contribution in [3.8, 4) is 0 Å². The molecule has 0 heterocycles. The highest BCUT2D eigenvalue weighted by Crippen LogP contribution is 2.31. The molecule has 1 N–H and O–H groups in total. The molecule has 0 aliphatic heterocycles. The minimum absolute atomic E-state index is 0.0215. The molecule has 0 aliphatic carbocycles. The van der Waals surface area contributed by atoms with Crippen LogP contribution >= 0.6 is 0 Å². The number of anilines is 1. The summed E-state index contributed by atoms with van der Waals surface area (Å²) in [6.45, 7) is 3.64. The van der Waals surface area contributed by atoms with E-state index >= 15 is 0 Å². The lowest BCUT2D eigenvalue weighted by atomic mass is 10.1. The molecule has 20 heavy (non-hydrogen) atoms. The average Bonchev–Trinajstić information content (AvgIpc) is 2.40. The first-order valence-corrected chi connectivity index (χ1v) is 6.25. The number of nitro groups is 1. The first-order valence-electron chi connectivity index (χ1n) is 6.25. The minimum Gasteiger partial charge on any atom is -0.373 e. The van der Waals surface area contributed by atoms with Gasteiger partial charge in [-0.2, -0.15) is 0 Å². The van der Waals surface area contributed by atoms with Crippen LogP contribution in [0.5, 0.6) is 0 Å². The zero-order valence-corrected chi connectivity index (χ0v) is 11.3. The highest BCUT2D eigenvalue weighted by atomic mass is 19.1. The van der Waals surface area contributed by atoms with Crippen molar-refractivity contribution in [2.75, 3.05) is 5.32 Å². The predicted octanol–water partition coefficient (Wildman–Crippen LogP) is 4.22. The largest absolute Gasteiger partial charge is 0.373 e. The number of rotatable bonds is 4. The molecule has 0 saturated carbocycles. The van der Waals surface area contributed by atoms with Crippen LogP contribution in [0.3, 0.4) is 0 Å². The Hall–Kier alpha value is -2.43. The van der Waals surface area contributed by atoms with E-state index in [1.54, 1.807) is 31.2 Å². The van der Waals surface area contributed by atoms with Crippen molar-refractivity contribution in [2.24, 2.45) is 0 Å². The topological polar surface area (TPSA) is 55.2 Å². The fourth-order valence-electron chi connectivity index (χ4n) is 2.07. The van der Waals surface area contributed by atoms with Crippen molar-refractivity contribution in [1.82, 2.24) is 0 Å². The van der Waals surface area contributed by atoms with E-state index in [-0.39, 0.29) is 17.5 Å². The summed E-state index contributed by atoms with van der Waals surface area (Å²) in [5.41, 5.74) is 2.01. The Labute approximate surface area is 116 Å². The fourth-order valence-corrected chi connectivity index (χ4v) is 2.07. The van der Waals surface area contributed by atoms with Gasteiger partial charge in [-0.1, -0.05) is 24.3 Å². The van der Waals surface area contributed by atoms with Gasteiger partial charge in [0.1, 0.15) is 11.5 Å². The summed E-state index contributed by atoms with van der Waals surface area (Å²) in [4.78, 5) is 10.6. The fraction of sp³-hybridized carbons (Fsp3) is 0.200. The molecule has 104 valence electrons. The molecule has 1 unspecified atom stereocenters. The highest BCUT2D eigenvalue weighted by molar-refractivity contribution is 5.66. The van der Waals surface area contributed by atoms with E-state index in [1.807, 2.05) is 6.92 Å². The molecule has 0 aliphatic rings. The lowest BCUT2D eigenvalue weighted by Crippen LogP contribution is -2.09. The summed E-state index contributed by atoms with van der Waals surface area (Å²) < 4.78 is 13.2. The minimum atomic E-state index is -0.423. The normalized spacial score (nSPS) is 11.9. The van der Waals surface area contributed by atoms with Crippen LogP contribution in [0.2, 0.25) is 0 Å². The third-order valence-corrected chi connectivity index (χ3v) is 3.16. The number of nitrogens with one attached hydrogen (secondary N) is 1. The Morgan fingerprint density at radius 3 is 2.60 bits per heavy atom. The molecule has 0 fully saturated rings. The molecule has 0 bridgehead atoms. The SMILES string of the molecule is Cc1cccc([N+](=O)[O-])c1NC(C)c1cccc(F)c1. The maximum Gasteiger partial charge on any atom is 0.292 e. The Morgan fingerprint density at radius 1 is 1.25 bits per heavy atom. The highest BCUT2D eigenvalue weighted by Gasteiger charge is 2.17. The summed E-state index contributed by atoms with van der Waals surface area (Å²) in [6.07, 6.45) is 0. The van der Waals surface area contributed by atoms with Crippen molar-refractivity contribution in [3.05, 3.63) is 69.5 Å². The maximum absolute atomic E-state index is 13.2. The van der Waals surface area contributed by atoms with Gasteiger partial charge in [-0.3, -0.25) is 10.1 Å². The van der Waals surface area contributed by atoms with Gasteiger partial charge in [0.25, 0.3) is 5.69 Å². The standard InChI is InChI=1S/C15H15FN2O2/c1-10-5-3-8-14(18(19)20)15(10)17-11(2)12-6-4-7-13(16)9-12/h3-9,11,17H,1-2H3. The van der Waals surface area contributed by atoms with Gasteiger partial charge in [-0.25, -0.2) is 4.39 Å². The van der Waals surface area contributed by atoms with Crippen molar-refractivity contribution in [2.45, 2.75) is 19.9 Å². The van der Waals surface area contributed by atoms with Crippen molar-refractivity contribution >= 4 is 11.4 Å². The smallest absolute Gasteiger partial charge is 0.292 e. The number of halogens is 1. The molecular formula is C15H15FN2O2. The molecule has 0 aromatic heterocycles. The Balaban J connectivity index is 2.32. The molecule has 2 aromatic carbocycles. The average molecular weight is 274 g/mol. The quantitative estimate of drug-likeness (QED) is 0.671. The first kappa shape index (κ1) is 14.0. The van der Waals surface area contributed by atoms with Crippen LogP contribution < -0.4 is 5.32 Å². The van der Waals surface area contributed by atoms with Gasteiger partial charge < -0.3 is 5.32 Å². The summed E-state index contributed by atoms with van der Waals surface area (Å²) >= 11 is 0. The zero-order chi connectivity index (χ0) is 14.7. The van der Waals surface area contributed by atoms with Crippen molar-refractivity contribution < 1.29 is 9.31 Å². The third kappa shape index (κ3) is 2.93. The molecule has 4 nitrogen and oxygen atoms in total. The molecule has 0 spiro atoms. The van der Waals surface area contributed by atoms with Crippen LogP contribution in [0.25, 0.3) is 0 Å². The molecule has 0 radical (unpaired) electrons. The summed E-state index contributed by atoms with van der Waals surface area (Å²) in [5.74, 6) is -0.324. The molecule has 1 atom stereocenters. The van der Waals surface area contributed by atoms with E-state index < -0.39 is 4.92 Å². The van der Waals surface area contributed by atoms with Crippen LogP contribution in [0.4, 0.5) is 15.8 Å². The second-order valence-corrected chi connectivity index (χ2v) is 4.65. The predicted molar refractivity (Wildman–Crippen MR) is 76.3 cm³/mol. The number of aryl methyl sites for hydroxylation is 1. The molecule has 0 saturated heterocycles. The van der Waals surface area contributed by atoms with Gasteiger partial charge in [0.2, 0.25) is 0 Å². The van der Waals surface area contributed by atoms with Crippen LogP contribution in [-0.4, -0.2) is 4.92 Å². The van der Waals surface area contributed by atoms with Gasteiger partial charge in [0.15, 0.2) is 0 Å². The first-order chi connectivity index (χ1) is 9.49. The van der Waals surface area contributed by atoms with Gasteiger partial charge in [-0.05, 0) is 37.1 Å². The van der Waals surface area contributed by atoms with Gasteiger partial charge in [0, 0.05) is 12.1 Å². The van der Waals surface area contributed by atoms with E-state index in [9.17, 15) is 14.5 Å². The van der Waals surface area contributed by atoms with Gasteiger partial charge in [0.05, 0.1) is 4.92 Å². The second-order valence-electron chi connectivity index (χ2n) is 4.65. The lowest BCUT2D eigenvalue weighted by molar-refractivity contribution is -0.384. The number of nitrogens with zero attached hydrogens (tertiary/aromatic N) is 1. The van der Waals surface area contributed by atoms with Crippen LogP contribution in [-0.2, 0) is 0 Å². The maximum atomic E-state index is 13.2. The number of hydrogen-bond donors (Lipinski definition) is 1. The number of para-hydroxylation sites is 1.